The Morgan fingerprint density at radius 3 is 1.28 bits per heavy atom. The largest absolute Gasteiger partial charge is 0.310 e. The number of hydrogen-bond acceptors (Lipinski definition) is 2. The molecule has 0 aliphatic carbocycles. The highest BCUT2D eigenvalue weighted by Crippen LogP contribution is 2.46. The normalized spacial score (nSPS) is 11.2. The van der Waals surface area contributed by atoms with E-state index in [4.69, 9.17) is 0 Å². The van der Waals surface area contributed by atoms with E-state index in [0.717, 1.165) is 17.1 Å². The van der Waals surface area contributed by atoms with Crippen molar-refractivity contribution < 1.29 is 0 Å². The number of fused-ring (bicyclic) bond motifs is 3. The minimum Gasteiger partial charge on any atom is -0.310 e. The van der Waals surface area contributed by atoms with Crippen LogP contribution in [0.2, 0.25) is 0 Å². The molecule has 0 fully saturated rings. The summed E-state index contributed by atoms with van der Waals surface area (Å²) in [4.78, 5) is 2.41. The second-order valence-corrected chi connectivity index (χ2v) is 13.7. The molecule has 0 amide bonds. The maximum atomic E-state index is 2.41. The summed E-state index contributed by atoms with van der Waals surface area (Å²) in [7, 11) is 0. The SMILES string of the molecule is c1ccc(-c2ccc(-c3ccc(N(c4ccccc4)c4cc5sc6ccccc6c5cc4-c4ccc(-c5ccccc5)cc4)cc3)cc2)cc1. The summed E-state index contributed by atoms with van der Waals surface area (Å²) < 4.78 is 2.58. The van der Waals surface area contributed by atoms with Gasteiger partial charge in [-0.3, -0.25) is 0 Å². The molecule has 50 heavy (non-hydrogen) atoms. The number of nitrogens with zero attached hydrogens (tertiary/aromatic N) is 1. The molecule has 1 heterocycles. The first-order valence-corrected chi connectivity index (χ1v) is 17.8. The highest BCUT2D eigenvalue weighted by atomic mass is 32.1. The highest BCUT2D eigenvalue weighted by Gasteiger charge is 2.20. The number of thiophene rings is 1. The fraction of sp³-hybridized carbons (Fsp3) is 0. The molecule has 1 aromatic heterocycles. The van der Waals surface area contributed by atoms with Crippen LogP contribution in [0.25, 0.3) is 64.7 Å². The number of hydrogen-bond donors (Lipinski definition) is 0. The Hall–Kier alpha value is -6.22. The standard InChI is InChI=1S/C48H33NS/c1-4-12-34(13-5-1)36-20-22-38(23-21-36)39-28-30-42(31-29-39)49(41-16-8-3-9-17-41)46-33-48-45(43-18-10-11-19-47(43)50-48)32-44(46)40-26-24-37(25-27-40)35-14-6-2-7-15-35/h1-33H. The lowest BCUT2D eigenvalue weighted by Gasteiger charge is -2.28. The van der Waals surface area contributed by atoms with Crippen LogP contribution in [0, 0.1) is 0 Å². The Labute approximate surface area is 297 Å². The van der Waals surface area contributed by atoms with Gasteiger partial charge in [0, 0.05) is 37.1 Å². The van der Waals surface area contributed by atoms with Gasteiger partial charge in [0.1, 0.15) is 0 Å². The Kier molecular flexibility index (Phi) is 7.77. The molecule has 0 saturated heterocycles. The minimum atomic E-state index is 1.11. The van der Waals surface area contributed by atoms with Gasteiger partial charge in [-0.15, -0.1) is 11.3 Å². The van der Waals surface area contributed by atoms with E-state index in [1.54, 1.807) is 0 Å². The molecule has 9 aromatic rings. The Morgan fingerprint density at radius 2 is 0.720 bits per heavy atom. The van der Waals surface area contributed by atoms with Gasteiger partial charge >= 0.3 is 0 Å². The minimum absolute atomic E-state index is 1.11. The van der Waals surface area contributed by atoms with Crippen LogP contribution in [-0.2, 0) is 0 Å². The first-order valence-electron chi connectivity index (χ1n) is 17.0. The number of rotatable bonds is 7. The highest BCUT2D eigenvalue weighted by molar-refractivity contribution is 7.25. The predicted molar refractivity (Wildman–Crippen MR) is 216 cm³/mol. The maximum Gasteiger partial charge on any atom is 0.0554 e. The molecule has 0 N–H and O–H groups in total. The van der Waals surface area contributed by atoms with Gasteiger partial charge in [-0.1, -0.05) is 158 Å². The quantitative estimate of drug-likeness (QED) is 0.165. The van der Waals surface area contributed by atoms with Crippen molar-refractivity contribution in [1.82, 2.24) is 0 Å². The smallest absolute Gasteiger partial charge is 0.0554 e. The molecule has 0 aliphatic heterocycles. The van der Waals surface area contributed by atoms with Crippen molar-refractivity contribution in [3.05, 3.63) is 200 Å². The Balaban J connectivity index is 1.17. The third-order valence-corrected chi connectivity index (χ3v) is 10.6. The molecule has 0 spiro atoms. The number of anilines is 3. The van der Waals surface area contributed by atoms with Crippen LogP contribution >= 0.6 is 11.3 Å². The summed E-state index contributed by atoms with van der Waals surface area (Å²) in [6.07, 6.45) is 0. The van der Waals surface area contributed by atoms with Crippen LogP contribution in [0.1, 0.15) is 0 Å². The van der Waals surface area contributed by atoms with E-state index in [0.29, 0.717) is 0 Å². The van der Waals surface area contributed by atoms with Gasteiger partial charge in [-0.05, 0) is 81.4 Å². The van der Waals surface area contributed by atoms with Crippen molar-refractivity contribution in [1.29, 1.82) is 0 Å². The van der Waals surface area contributed by atoms with Gasteiger partial charge in [-0.25, -0.2) is 0 Å². The van der Waals surface area contributed by atoms with Crippen molar-refractivity contribution in [2.45, 2.75) is 0 Å². The molecule has 9 rings (SSSR count). The first-order chi connectivity index (χ1) is 24.8. The average molecular weight is 656 g/mol. The molecule has 0 unspecified atom stereocenters. The molecular formula is C48H33NS. The summed E-state index contributed by atoms with van der Waals surface area (Å²) >= 11 is 1.86. The van der Waals surface area contributed by atoms with Crippen LogP contribution in [0.3, 0.4) is 0 Å². The number of para-hydroxylation sites is 1. The lowest BCUT2D eigenvalue weighted by atomic mass is 9.96. The Morgan fingerprint density at radius 1 is 0.300 bits per heavy atom. The molecule has 0 bridgehead atoms. The summed E-state index contributed by atoms with van der Waals surface area (Å²) in [6.45, 7) is 0. The first kappa shape index (κ1) is 29.9. The molecule has 0 atom stereocenters. The lowest BCUT2D eigenvalue weighted by Crippen LogP contribution is -2.11. The van der Waals surface area contributed by atoms with Gasteiger partial charge in [0.05, 0.1) is 5.69 Å². The third-order valence-electron chi connectivity index (χ3n) is 9.50. The van der Waals surface area contributed by atoms with Gasteiger partial charge < -0.3 is 4.90 Å². The van der Waals surface area contributed by atoms with Gasteiger partial charge in [0.2, 0.25) is 0 Å². The maximum absolute atomic E-state index is 2.41. The van der Waals surface area contributed by atoms with Crippen LogP contribution in [0.5, 0.6) is 0 Å². The zero-order chi connectivity index (χ0) is 33.3. The zero-order valence-electron chi connectivity index (χ0n) is 27.4. The third kappa shape index (κ3) is 5.66. The lowest BCUT2D eigenvalue weighted by molar-refractivity contribution is 1.29. The zero-order valence-corrected chi connectivity index (χ0v) is 28.2. The van der Waals surface area contributed by atoms with Crippen LogP contribution in [0.15, 0.2) is 200 Å². The fourth-order valence-electron chi connectivity index (χ4n) is 6.94. The van der Waals surface area contributed by atoms with Gasteiger partial charge in [0.25, 0.3) is 0 Å². The van der Waals surface area contributed by atoms with E-state index in [2.05, 4.69) is 205 Å². The van der Waals surface area contributed by atoms with Crippen molar-refractivity contribution in [3.8, 4) is 44.5 Å². The molecule has 0 aliphatic rings. The molecule has 236 valence electrons. The van der Waals surface area contributed by atoms with Gasteiger partial charge in [-0.2, -0.15) is 0 Å². The van der Waals surface area contributed by atoms with E-state index in [-0.39, 0.29) is 0 Å². The van der Waals surface area contributed by atoms with Crippen molar-refractivity contribution in [2.75, 3.05) is 4.90 Å². The summed E-state index contributed by atoms with van der Waals surface area (Å²) in [5.41, 5.74) is 13.1. The Bertz CT molecular complexity index is 2530. The molecular weight excluding hydrogens is 623 g/mol. The van der Waals surface area contributed by atoms with Crippen LogP contribution in [0.4, 0.5) is 17.1 Å². The predicted octanol–water partition coefficient (Wildman–Crippen LogP) is 14.2. The molecule has 2 heteroatoms. The van der Waals surface area contributed by atoms with E-state index in [1.807, 2.05) is 11.3 Å². The molecule has 8 aromatic carbocycles. The number of benzene rings is 8. The summed E-state index contributed by atoms with van der Waals surface area (Å²) in [6, 6.07) is 72.3. The fourth-order valence-corrected chi connectivity index (χ4v) is 8.06. The topological polar surface area (TPSA) is 3.24 Å². The second kappa shape index (κ2) is 13.0. The van der Waals surface area contributed by atoms with Crippen molar-refractivity contribution >= 4 is 48.6 Å². The molecule has 0 radical (unpaired) electrons. The van der Waals surface area contributed by atoms with Crippen molar-refractivity contribution in [3.63, 3.8) is 0 Å². The van der Waals surface area contributed by atoms with E-state index < -0.39 is 0 Å². The van der Waals surface area contributed by atoms with Crippen molar-refractivity contribution in [2.24, 2.45) is 0 Å². The average Bonchev–Trinajstić information content (AvgIpc) is 3.57. The summed E-state index contributed by atoms with van der Waals surface area (Å²) in [5, 5.41) is 2.59. The molecule has 1 nitrogen and oxygen atoms in total. The van der Waals surface area contributed by atoms with E-state index in [9.17, 15) is 0 Å². The molecule has 0 saturated carbocycles. The summed E-state index contributed by atoms with van der Waals surface area (Å²) in [5.74, 6) is 0. The van der Waals surface area contributed by atoms with Crippen LogP contribution in [-0.4, -0.2) is 0 Å². The van der Waals surface area contributed by atoms with E-state index >= 15 is 0 Å². The van der Waals surface area contributed by atoms with Crippen LogP contribution < -0.4 is 4.90 Å². The monoisotopic (exact) mass is 655 g/mol. The van der Waals surface area contributed by atoms with E-state index in [1.165, 1.54) is 64.7 Å². The second-order valence-electron chi connectivity index (χ2n) is 12.6. The van der Waals surface area contributed by atoms with Gasteiger partial charge in [0.15, 0.2) is 0 Å².